The molecule has 0 radical (unpaired) electrons. The highest BCUT2D eigenvalue weighted by molar-refractivity contribution is 7.13. The van der Waals surface area contributed by atoms with Crippen molar-refractivity contribution >= 4 is 34.5 Å². The number of halogens is 1. The number of nitrogens with one attached hydrogen (secondary N) is 1. The highest BCUT2D eigenvalue weighted by atomic mass is 35.5. The Morgan fingerprint density at radius 2 is 1.75 bits per heavy atom. The molecule has 1 fully saturated rings. The predicted molar refractivity (Wildman–Crippen MR) is 97.7 cm³/mol. The molecule has 128 valence electrons. The number of benzene rings is 1. The molecular weight excluding hydrogens is 344 g/mol. The van der Waals surface area contributed by atoms with Crippen molar-refractivity contribution in [1.82, 2.24) is 15.1 Å². The number of rotatable bonds is 4. The summed E-state index contributed by atoms with van der Waals surface area (Å²) in [5.41, 5.74) is 0.699. The van der Waals surface area contributed by atoms with Gasteiger partial charge in [0.25, 0.3) is 5.91 Å². The monoisotopic (exact) mass is 364 g/mol. The van der Waals surface area contributed by atoms with Gasteiger partial charge in [-0.1, -0.05) is 42.2 Å². The molecule has 2 aromatic rings. The number of nitrogens with zero attached hydrogens (tertiary/aromatic N) is 3. The topological polar surface area (TPSA) is 58.1 Å². The Morgan fingerprint density at radius 3 is 2.46 bits per heavy atom. The lowest BCUT2D eigenvalue weighted by molar-refractivity contribution is 0.102. The van der Waals surface area contributed by atoms with Gasteiger partial charge in [0.05, 0.1) is 6.54 Å². The van der Waals surface area contributed by atoms with Crippen molar-refractivity contribution in [3.8, 4) is 0 Å². The van der Waals surface area contributed by atoms with Crippen molar-refractivity contribution in [3.63, 3.8) is 0 Å². The van der Waals surface area contributed by atoms with Gasteiger partial charge in [-0.2, -0.15) is 0 Å². The molecule has 2 heterocycles. The van der Waals surface area contributed by atoms with Crippen LogP contribution in [0.15, 0.2) is 24.3 Å². The van der Waals surface area contributed by atoms with Crippen LogP contribution in [0.3, 0.4) is 0 Å². The van der Waals surface area contributed by atoms with E-state index in [2.05, 4.69) is 20.4 Å². The lowest BCUT2D eigenvalue weighted by atomic mass is 10.1. The molecule has 3 rings (SSSR count). The van der Waals surface area contributed by atoms with Gasteiger partial charge in [0.1, 0.15) is 5.01 Å². The Morgan fingerprint density at radius 1 is 1.08 bits per heavy atom. The van der Waals surface area contributed by atoms with Gasteiger partial charge >= 0.3 is 0 Å². The Kier molecular flexibility index (Phi) is 6.18. The third-order valence-corrected chi connectivity index (χ3v) is 5.23. The molecule has 0 saturated carbocycles. The Balaban J connectivity index is 1.57. The summed E-state index contributed by atoms with van der Waals surface area (Å²) < 4.78 is 0. The van der Waals surface area contributed by atoms with Crippen molar-refractivity contribution in [1.29, 1.82) is 0 Å². The standard InChI is InChI=1S/C17H21ClN4OS/c18-13-6-8-14(9-7-13)19-16(23)17-21-20-15(24-17)12-22-10-4-2-1-3-5-11-22/h6-9H,1-5,10-12H2,(H,19,23). The second kappa shape index (κ2) is 8.55. The molecule has 24 heavy (non-hydrogen) atoms. The van der Waals surface area contributed by atoms with E-state index >= 15 is 0 Å². The average molecular weight is 365 g/mol. The zero-order valence-corrected chi connectivity index (χ0v) is 15.1. The van der Waals surface area contributed by atoms with Gasteiger partial charge in [0, 0.05) is 10.7 Å². The van der Waals surface area contributed by atoms with Crippen molar-refractivity contribution < 1.29 is 4.79 Å². The van der Waals surface area contributed by atoms with Crippen molar-refractivity contribution in [2.24, 2.45) is 0 Å². The summed E-state index contributed by atoms with van der Waals surface area (Å²) in [6.45, 7) is 2.99. The maximum absolute atomic E-state index is 12.3. The fraction of sp³-hybridized carbons (Fsp3) is 0.471. The first-order valence-electron chi connectivity index (χ1n) is 8.32. The summed E-state index contributed by atoms with van der Waals surface area (Å²) in [5, 5.41) is 13.0. The van der Waals surface area contributed by atoms with Crippen LogP contribution in [0, 0.1) is 0 Å². The minimum atomic E-state index is -0.228. The molecule has 1 amide bonds. The highest BCUT2D eigenvalue weighted by Crippen LogP contribution is 2.18. The van der Waals surface area contributed by atoms with Crippen LogP contribution in [-0.2, 0) is 6.54 Å². The van der Waals surface area contributed by atoms with Crippen molar-refractivity contribution in [2.45, 2.75) is 38.6 Å². The van der Waals surface area contributed by atoms with Crippen LogP contribution in [0.2, 0.25) is 5.02 Å². The van der Waals surface area contributed by atoms with E-state index in [0.29, 0.717) is 15.7 Å². The van der Waals surface area contributed by atoms with Crippen LogP contribution < -0.4 is 5.32 Å². The molecule has 0 atom stereocenters. The molecule has 0 spiro atoms. The summed E-state index contributed by atoms with van der Waals surface area (Å²) in [6, 6.07) is 7.01. The van der Waals surface area contributed by atoms with E-state index in [9.17, 15) is 4.79 Å². The number of likely N-dealkylation sites (tertiary alicyclic amines) is 1. The van der Waals surface area contributed by atoms with E-state index in [0.717, 1.165) is 24.6 Å². The Bertz CT molecular complexity index is 665. The lowest BCUT2D eigenvalue weighted by Crippen LogP contribution is -2.26. The Hall–Kier alpha value is -1.50. The van der Waals surface area contributed by atoms with Crippen LogP contribution in [0.25, 0.3) is 0 Å². The minimum Gasteiger partial charge on any atom is -0.320 e. The molecule has 5 nitrogen and oxygen atoms in total. The molecule has 1 aromatic heterocycles. The number of hydrogen-bond donors (Lipinski definition) is 1. The summed E-state index contributed by atoms with van der Waals surface area (Å²) in [4.78, 5) is 14.7. The van der Waals surface area contributed by atoms with E-state index in [-0.39, 0.29) is 5.91 Å². The van der Waals surface area contributed by atoms with E-state index < -0.39 is 0 Å². The van der Waals surface area contributed by atoms with E-state index in [1.165, 1.54) is 43.4 Å². The summed E-state index contributed by atoms with van der Waals surface area (Å²) in [5.74, 6) is -0.228. The van der Waals surface area contributed by atoms with Crippen molar-refractivity contribution in [3.05, 3.63) is 39.3 Å². The largest absolute Gasteiger partial charge is 0.320 e. The predicted octanol–water partition coefficient (Wildman–Crippen LogP) is 4.21. The number of hydrogen-bond acceptors (Lipinski definition) is 5. The van der Waals surface area contributed by atoms with E-state index in [1.54, 1.807) is 24.3 Å². The van der Waals surface area contributed by atoms with Crippen LogP contribution in [0.1, 0.15) is 46.9 Å². The second-order valence-electron chi connectivity index (χ2n) is 6.01. The molecule has 1 aromatic carbocycles. The molecule has 1 aliphatic heterocycles. The number of anilines is 1. The molecule has 0 unspecified atom stereocenters. The first-order chi connectivity index (χ1) is 11.7. The maximum Gasteiger partial charge on any atom is 0.286 e. The van der Waals surface area contributed by atoms with Gasteiger partial charge in [-0.15, -0.1) is 10.2 Å². The fourth-order valence-corrected chi connectivity index (χ4v) is 3.69. The highest BCUT2D eigenvalue weighted by Gasteiger charge is 2.16. The summed E-state index contributed by atoms with van der Waals surface area (Å²) in [7, 11) is 0. The molecule has 0 bridgehead atoms. The smallest absolute Gasteiger partial charge is 0.286 e. The first-order valence-corrected chi connectivity index (χ1v) is 9.52. The van der Waals surface area contributed by atoms with Crippen LogP contribution in [0.5, 0.6) is 0 Å². The van der Waals surface area contributed by atoms with Gasteiger partial charge in [-0.25, -0.2) is 0 Å². The summed E-state index contributed by atoms with van der Waals surface area (Å²) >= 11 is 7.21. The van der Waals surface area contributed by atoms with Crippen LogP contribution in [0.4, 0.5) is 5.69 Å². The Labute approximate surface area is 151 Å². The number of amides is 1. The molecule has 1 N–H and O–H groups in total. The SMILES string of the molecule is O=C(Nc1ccc(Cl)cc1)c1nnc(CN2CCCCCCC2)s1. The third-order valence-electron chi connectivity index (χ3n) is 4.07. The normalized spacial score (nSPS) is 16.4. The molecular formula is C17H21ClN4OS. The van der Waals surface area contributed by atoms with Crippen LogP contribution in [-0.4, -0.2) is 34.1 Å². The van der Waals surface area contributed by atoms with Crippen molar-refractivity contribution in [2.75, 3.05) is 18.4 Å². The van der Waals surface area contributed by atoms with Gasteiger partial charge in [-0.3, -0.25) is 9.69 Å². The van der Waals surface area contributed by atoms with Gasteiger partial charge in [0.2, 0.25) is 5.01 Å². The number of carbonyl (C=O) groups excluding carboxylic acids is 1. The van der Waals surface area contributed by atoms with Gasteiger partial charge in [0.15, 0.2) is 0 Å². The molecule has 0 aliphatic carbocycles. The fourth-order valence-electron chi connectivity index (χ4n) is 2.79. The number of carbonyl (C=O) groups is 1. The minimum absolute atomic E-state index is 0.228. The molecule has 1 saturated heterocycles. The molecule has 7 heteroatoms. The van der Waals surface area contributed by atoms with Gasteiger partial charge in [-0.05, 0) is 50.2 Å². The quantitative estimate of drug-likeness (QED) is 0.882. The molecule has 1 aliphatic rings. The third kappa shape index (κ3) is 5.00. The number of aromatic nitrogens is 2. The zero-order chi connectivity index (χ0) is 16.8. The van der Waals surface area contributed by atoms with E-state index in [1.807, 2.05) is 0 Å². The lowest BCUT2D eigenvalue weighted by Gasteiger charge is -2.22. The second-order valence-corrected chi connectivity index (χ2v) is 7.50. The van der Waals surface area contributed by atoms with E-state index in [4.69, 9.17) is 11.6 Å². The maximum atomic E-state index is 12.3. The average Bonchev–Trinajstić information content (AvgIpc) is 3.01. The summed E-state index contributed by atoms with van der Waals surface area (Å²) in [6.07, 6.45) is 6.44. The van der Waals surface area contributed by atoms with Gasteiger partial charge < -0.3 is 5.32 Å². The zero-order valence-electron chi connectivity index (χ0n) is 13.5. The van der Waals surface area contributed by atoms with Crippen LogP contribution >= 0.6 is 22.9 Å². The first kappa shape index (κ1) is 17.3.